The quantitative estimate of drug-likeness (QED) is 0.509. The summed E-state index contributed by atoms with van der Waals surface area (Å²) < 4.78 is 32.0. The van der Waals surface area contributed by atoms with Crippen LogP contribution in [0, 0.1) is 11.6 Å². The molecule has 1 amide bonds. The molecule has 0 radical (unpaired) electrons. The molecule has 2 N–H and O–H groups in total. The number of carbonyl (C=O) groups excluding carboxylic acids is 1. The summed E-state index contributed by atoms with van der Waals surface area (Å²) in [5.74, 6) is -2.41. The summed E-state index contributed by atoms with van der Waals surface area (Å²) in [7, 11) is 0. The van der Waals surface area contributed by atoms with Gasteiger partial charge < -0.3 is 15.2 Å². The number of hydrogen-bond acceptors (Lipinski definition) is 3. The molecule has 0 saturated carbocycles. The molecule has 0 aliphatic heterocycles. The molecule has 0 atom stereocenters. The fourth-order valence-electron chi connectivity index (χ4n) is 3.83. The fraction of sp³-hybridized carbons (Fsp3) is 0.160. The van der Waals surface area contributed by atoms with Crippen LogP contribution in [0.1, 0.15) is 29.0 Å². The summed E-state index contributed by atoms with van der Waals surface area (Å²) in [5, 5.41) is 12.3. The van der Waals surface area contributed by atoms with Gasteiger partial charge in [-0.25, -0.2) is 13.6 Å². The Morgan fingerprint density at radius 1 is 1.03 bits per heavy atom. The monoisotopic (exact) mass is 421 g/mol. The average molecular weight is 421 g/mol. The maximum Gasteiger partial charge on any atom is 0.407 e. The van der Waals surface area contributed by atoms with Gasteiger partial charge in [0.25, 0.3) is 0 Å². The van der Waals surface area contributed by atoms with Gasteiger partial charge in [0.15, 0.2) is 11.6 Å². The number of fused-ring (bicyclic) bond motifs is 3. The highest BCUT2D eigenvalue weighted by Crippen LogP contribution is 2.44. The van der Waals surface area contributed by atoms with Crippen molar-refractivity contribution in [3.8, 4) is 16.9 Å². The number of carbonyl (C=O) groups is 1. The predicted molar refractivity (Wildman–Crippen MR) is 115 cm³/mol. The van der Waals surface area contributed by atoms with Gasteiger partial charge in [-0.2, -0.15) is 0 Å². The van der Waals surface area contributed by atoms with Crippen molar-refractivity contribution in [2.75, 3.05) is 13.2 Å². The third kappa shape index (κ3) is 4.43. The van der Waals surface area contributed by atoms with Crippen molar-refractivity contribution in [3.63, 3.8) is 0 Å². The summed E-state index contributed by atoms with van der Waals surface area (Å²) in [6.07, 6.45) is 2.88. The summed E-state index contributed by atoms with van der Waals surface area (Å²) >= 11 is 0. The van der Waals surface area contributed by atoms with Gasteiger partial charge >= 0.3 is 6.09 Å². The molecule has 0 saturated heterocycles. The van der Waals surface area contributed by atoms with Gasteiger partial charge in [-0.3, -0.25) is 0 Å². The van der Waals surface area contributed by atoms with Gasteiger partial charge in [0.05, 0.1) is 0 Å². The van der Waals surface area contributed by atoms with Crippen molar-refractivity contribution in [1.82, 2.24) is 5.32 Å². The number of nitrogens with one attached hydrogen (secondary N) is 1. The molecule has 0 bridgehead atoms. The van der Waals surface area contributed by atoms with E-state index in [1.807, 2.05) is 24.3 Å². The highest BCUT2D eigenvalue weighted by atomic mass is 19.1. The Hall–Kier alpha value is -3.67. The fourth-order valence-corrected chi connectivity index (χ4v) is 3.83. The van der Waals surface area contributed by atoms with Crippen molar-refractivity contribution in [3.05, 3.63) is 95.1 Å². The van der Waals surface area contributed by atoms with Gasteiger partial charge in [0, 0.05) is 24.1 Å². The predicted octanol–water partition coefficient (Wildman–Crippen LogP) is 5.61. The lowest BCUT2D eigenvalue weighted by Gasteiger charge is -2.14. The lowest BCUT2D eigenvalue weighted by molar-refractivity contribution is 0.143. The molecule has 3 aromatic rings. The first-order valence-electron chi connectivity index (χ1n) is 9.98. The number of benzene rings is 3. The maximum absolute atomic E-state index is 13.3. The van der Waals surface area contributed by atoms with Crippen LogP contribution in [0.4, 0.5) is 13.6 Å². The van der Waals surface area contributed by atoms with E-state index in [9.17, 15) is 18.7 Å². The number of aromatic hydroxyl groups is 1. The van der Waals surface area contributed by atoms with Crippen molar-refractivity contribution in [2.45, 2.75) is 12.3 Å². The van der Waals surface area contributed by atoms with Crippen LogP contribution in [0.5, 0.6) is 5.75 Å². The summed E-state index contributed by atoms with van der Waals surface area (Å²) in [6.45, 7) is 0.512. The second-order valence-corrected chi connectivity index (χ2v) is 7.27. The van der Waals surface area contributed by atoms with E-state index in [-0.39, 0.29) is 24.6 Å². The van der Waals surface area contributed by atoms with E-state index in [0.717, 1.165) is 28.3 Å². The van der Waals surface area contributed by atoms with Crippen LogP contribution in [0.15, 0.2) is 66.7 Å². The largest absolute Gasteiger partial charge is 0.504 e. The lowest BCUT2D eigenvalue weighted by atomic mass is 9.98. The molecule has 31 heavy (non-hydrogen) atoms. The van der Waals surface area contributed by atoms with E-state index in [1.54, 1.807) is 6.08 Å². The summed E-state index contributed by atoms with van der Waals surface area (Å²) in [6, 6.07) is 17.9. The van der Waals surface area contributed by atoms with Crippen LogP contribution in [0.25, 0.3) is 17.2 Å². The van der Waals surface area contributed by atoms with Crippen molar-refractivity contribution in [2.24, 2.45) is 0 Å². The van der Waals surface area contributed by atoms with Gasteiger partial charge in [0.2, 0.25) is 0 Å². The number of phenols is 1. The molecule has 6 heteroatoms. The highest BCUT2D eigenvalue weighted by molar-refractivity contribution is 5.79. The van der Waals surface area contributed by atoms with E-state index in [4.69, 9.17) is 4.74 Å². The first kappa shape index (κ1) is 20.6. The molecule has 0 aromatic heterocycles. The van der Waals surface area contributed by atoms with Gasteiger partial charge in [0.1, 0.15) is 12.4 Å². The van der Waals surface area contributed by atoms with Crippen LogP contribution >= 0.6 is 0 Å². The molecule has 1 aliphatic carbocycles. The number of ether oxygens (including phenoxy) is 1. The van der Waals surface area contributed by atoms with Crippen molar-refractivity contribution in [1.29, 1.82) is 0 Å². The number of halogens is 2. The Labute approximate surface area is 178 Å². The zero-order valence-electron chi connectivity index (χ0n) is 16.6. The standard InChI is InChI=1S/C25H21F2NO3/c26-17-13-16(24(29)23(27)14-17)7-5-6-12-28-25(30)31-15-22-20-10-3-1-8-18(20)19-9-2-4-11-21(19)22/h1-5,7-11,13-14,22,29H,6,12,15H2,(H,28,30). The molecule has 4 nitrogen and oxygen atoms in total. The number of hydrogen-bond donors (Lipinski definition) is 2. The zero-order chi connectivity index (χ0) is 21.8. The second kappa shape index (κ2) is 9.00. The number of rotatable bonds is 6. The zero-order valence-corrected chi connectivity index (χ0v) is 16.6. The Bertz CT molecular complexity index is 1100. The van der Waals surface area contributed by atoms with Crippen molar-refractivity contribution < 1.29 is 23.4 Å². The van der Waals surface area contributed by atoms with Crippen LogP contribution in [-0.2, 0) is 4.74 Å². The Balaban J connectivity index is 1.29. The highest BCUT2D eigenvalue weighted by Gasteiger charge is 2.28. The topological polar surface area (TPSA) is 58.6 Å². The number of amides is 1. The van der Waals surface area contributed by atoms with Crippen LogP contribution in [0.3, 0.4) is 0 Å². The van der Waals surface area contributed by atoms with Crippen LogP contribution in [0.2, 0.25) is 0 Å². The molecule has 0 heterocycles. The minimum atomic E-state index is -1.02. The molecule has 158 valence electrons. The molecule has 0 unspecified atom stereocenters. The molecule has 1 aliphatic rings. The molecule has 3 aromatic carbocycles. The molecule has 4 rings (SSSR count). The normalized spacial score (nSPS) is 12.6. The van der Waals surface area contributed by atoms with Gasteiger partial charge in [-0.15, -0.1) is 0 Å². The number of alkyl carbamates (subject to hydrolysis) is 1. The molecular weight excluding hydrogens is 400 g/mol. The lowest BCUT2D eigenvalue weighted by Crippen LogP contribution is -2.26. The Morgan fingerprint density at radius 2 is 1.68 bits per heavy atom. The maximum atomic E-state index is 13.3. The minimum Gasteiger partial charge on any atom is -0.504 e. The first-order valence-corrected chi connectivity index (χ1v) is 9.98. The Kier molecular flexibility index (Phi) is 5.98. The first-order chi connectivity index (χ1) is 15.0. The van der Waals surface area contributed by atoms with E-state index >= 15 is 0 Å². The van der Waals surface area contributed by atoms with Gasteiger partial charge in [-0.1, -0.05) is 60.7 Å². The average Bonchev–Trinajstić information content (AvgIpc) is 3.09. The molecule has 0 fully saturated rings. The van der Waals surface area contributed by atoms with E-state index in [0.29, 0.717) is 12.5 Å². The Morgan fingerprint density at radius 3 is 2.35 bits per heavy atom. The molecular formula is C25H21F2NO3. The van der Waals surface area contributed by atoms with Gasteiger partial charge in [-0.05, 0) is 34.7 Å². The third-order valence-corrected chi connectivity index (χ3v) is 5.28. The minimum absolute atomic E-state index is 0.0103. The second-order valence-electron chi connectivity index (χ2n) is 7.27. The number of phenolic OH excluding ortho intramolecular Hbond substituents is 1. The van der Waals surface area contributed by atoms with Crippen molar-refractivity contribution >= 4 is 12.2 Å². The molecule has 0 spiro atoms. The third-order valence-electron chi connectivity index (χ3n) is 5.28. The van der Waals surface area contributed by atoms with E-state index in [1.165, 1.54) is 6.08 Å². The summed E-state index contributed by atoms with van der Waals surface area (Å²) in [4.78, 5) is 12.1. The summed E-state index contributed by atoms with van der Waals surface area (Å²) in [5.41, 5.74) is 4.64. The smallest absolute Gasteiger partial charge is 0.407 e. The van der Waals surface area contributed by atoms with Crippen LogP contribution < -0.4 is 5.32 Å². The van der Waals surface area contributed by atoms with E-state index in [2.05, 4.69) is 29.6 Å². The SMILES string of the molecule is O=C(NCCC=Cc1cc(F)cc(F)c1O)OCC1c2ccccc2-c2ccccc21. The van der Waals surface area contributed by atoms with Crippen LogP contribution in [-0.4, -0.2) is 24.4 Å². The van der Waals surface area contributed by atoms with E-state index < -0.39 is 23.5 Å².